The van der Waals surface area contributed by atoms with E-state index in [1.54, 1.807) is 0 Å². The third kappa shape index (κ3) is 19.5. The fourth-order valence-electron chi connectivity index (χ4n) is 12.1. The van der Waals surface area contributed by atoms with Crippen LogP contribution in [0.3, 0.4) is 0 Å². The first-order chi connectivity index (χ1) is 50.4. The highest BCUT2D eigenvalue weighted by Gasteiger charge is 2.24. The van der Waals surface area contributed by atoms with Gasteiger partial charge in [-0.3, -0.25) is 9.98 Å². The van der Waals surface area contributed by atoms with Crippen LogP contribution >= 0.6 is 0 Å². The normalized spacial score (nSPS) is 12.7. The second kappa shape index (κ2) is 33.6. The fourth-order valence-corrected chi connectivity index (χ4v) is 13.1. The van der Waals surface area contributed by atoms with Gasteiger partial charge < -0.3 is 10.6 Å². The second-order valence-electron chi connectivity index (χ2n) is 28.2. The standard InChI is InChI=1S/C96H86N6Si2/c1-69(79-25-15-11-16-26-79)97-95(98-70(2)80-27-17-12-18-28-80)93-89(33-23-35-91(93)85-57-45-77(46-58-85)65-67-103(5,6)7)83-53-41-73(42-54-83)37-39-75-49-61-87(62-50-75)101-102-88-63-51-76(52-64-88)40-38-74-43-55-84(56-44-74)90-34-24-36-92(86-59-47-78(48-60-86)66-68-104(8,9)10)94(90)96(99-71(3)81-29-19-13-20-30-81)100-72(4)82-31-21-14-22-32-82/h11-36,41-64,69-72H,1-10H3,(H,97,98)(H,99,100)/t69-,70-,71-,72?/m1/s1. The van der Waals surface area contributed by atoms with Gasteiger partial charge in [0, 0.05) is 56.6 Å². The molecular weight excluding hydrogens is 1290 g/mol. The van der Waals surface area contributed by atoms with E-state index in [0.29, 0.717) is 0 Å². The van der Waals surface area contributed by atoms with Gasteiger partial charge in [0.15, 0.2) is 0 Å². The number of aliphatic imine (C=N–C) groups is 2. The van der Waals surface area contributed by atoms with Crippen LogP contribution in [-0.2, 0) is 0 Å². The Morgan fingerprint density at radius 2 is 0.510 bits per heavy atom. The SMILES string of the molecule is CC(NC(=N[C@H](C)c1ccccc1)c1c(-c2ccc(C#Cc3ccc(N=Nc4ccc(C#Cc5ccc(-c6cccc(-c7ccc(C#C[Si](C)(C)C)cc7)c6C(=N[C@H](C)c6ccccc6)N[C@H](C)c6ccccc6)cc5)cc4)cc3)cc2)cccc1-c1ccc(C#C[Si](C)(C)C)cc1)c1ccccc1. The molecule has 1 unspecified atom stereocenters. The van der Waals surface area contributed by atoms with Crippen molar-refractivity contribution in [3.63, 3.8) is 0 Å². The molecule has 0 amide bonds. The van der Waals surface area contributed by atoms with Gasteiger partial charge in [-0.15, -0.1) is 11.1 Å². The summed E-state index contributed by atoms with van der Waals surface area (Å²) >= 11 is 0. The Hall–Kier alpha value is -12.1. The maximum Gasteiger partial charge on any atom is 0.130 e. The van der Waals surface area contributed by atoms with Crippen LogP contribution in [0.1, 0.15) is 119 Å². The van der Waals surface area contributed by atoms with E-state index < -0.39 is 16.1 Å². The highest BCUT2D eigenvalue weighted by molar-refractivity contribution is 6.84. The van der Waals surface area contributed by atoms with Crippen molar-refractivity contribution < 1.29 is 0 Å². The van der Waals surface area contributed by atoms with Gasteiger partial charge in [0.25, 0.3) is 0 Å². The molecule has 0 bridgehead atoms. The van der Waals surface area contributed by atoms with E-state index in [-0.39, 0.29) is 24.2 Å². The van der Waals surface area contributed by atoms with Gasteiger partial charge in [0.05, 0.1) is 23.5 Å². The van der Waals surface area contributed by atoms with Crippen molar-refractivity contribution in [3.8, 4) is 91.1 Å². The zero-order valence-corrected chi connectivity index (χ0v) is 63.0. The second-order valence-corrected chi connectivity index (χ2v) is 37.7. The van der Waals surface area contributed by atoms with Gasteiger partial charge in [0.2, 0.25) is 0 Å². The lowest BCUT2D eigenvalue weighted by molar-refractivity contribution is 0.703. The Bertz CT molecular complexity index is 4950. The molecule has 12 aromatic carbocycles. The molecule has 0 saturated heterocycles. The van der Waals surface area contributed by atoms with Crippen molar-refractivity contribution in [2.24, 2.45) is 20.2 Å². The van der Waals surface area contributed by atoms with Crippen LogP contribution in [0.5, 0.6) is 0 Å². The average Bonchev–Trinajstić information content (AvgIpc) is 0.780. The van der Waals surface area contributed by atoms with Crippen molar-refractivity contribution in [2.75, 3.05) is 0 Å². The van der Waals surface area contributed by atoms with Crippen LogP contribution in [-0.4, -0.2) is 27.8 Å². The Morgan fingerprint density at radius 1 is 0.269 bits per heavy atom. The monoisotopic (exact) mass is 1380 g/mol. The first-order valence-electron chi connectivity index (χ1n) is 35.7. The number of amidine groups is 2. The summed E-state index contributed by atoms with van der Waals surface area (Å²) in [5, 5.41) is 17.0. The first kappa shape index (κ1) is 71.7. The van der Waals surface area contributed by atoms with Gasteiger partial charge in [0.1, 0.15) is 27.8 Å². The van der Waals surface area contributed by atoms with Gasteiger partial charge in [-0.05, 0) is 192 Å². The van der Waals surface area contributed by atoms with Crippen molar-refractivity contribution in [3.05, 3.63) is 370 Å². The largest absolute Gasteiger partial charge is 0.363 e. The Kier molecular flexibility index (Phi) is 23.1. The number of nitrogens with zero attached hydrogens (tertiary/aromatic N) is 4. The number of rotatable bonds is 16. The minimum atomic E-state index is -1.56. The highest BCUT2D eigenvalue weighted by Crippen LogP contribution is 2.38. The van der Waals surface area contributed by atoms with Gasteiger partial charge in [-0.1, -0.05) is 281 Å². The predicted octanol–water partition coefficient (Wildman–Crippen LogP) is 23.7. The van der Waals surface area contributed by atoms with E-state index in [1.165, 1.54) is 11.1 Å². The molecule has 104 heavy (non-hydrogen) atoms. The van der Waals surface area contributed by atoms with Crippen LogP contribution < -0.4 is 10.6 Å². The van der Waals surface area contributed by atoms with Gasteiger partial charge in [-0.2, -0.15) is 10.2 Å². The van der Waals surface area contributed by atoms with Crippen LogP contribution in [0, 0.1) is 46.6 Å². The molecule has 0 aliphatic carbocycles. The Morgan fingerprint density at radius 3 is 0.769 bits per heavy atom. The smallest absolute Gasteiger partial charge is 0.130 e. The molecule has 0 fully saturated rings. The highest BCUT2D eigenvalue weighted by atomic mass is 28.3. The lowest BCUT2D eigenvalue weighted by Crippen LogP contribution is -2.29. The molecule has 0 saturated carbocycles. The number of azo groups is 1. The molecule has 0 aliphatic rings. The minimum absolute atomic E-state index is 0.0321. The number of nitrogens with one attached hydrogen (secondary N) is 2. The first-order valence-corrected chi connectivity index (χ1v) is 42.7. The van der Waals surface area contributed by atoms with E-state index in [9.17, 15) is 0 Å². The molecule has 0 spiro atoms. The van der Waals surface area contributed by atoms with E-state index in [4.69, 9.17) is 9.98 Å². The molecule has 2 N–H and O–H groups in total. The molecule has 8 heteroatoms. The number of hydrogen-bond acceptors (Lipinski definition) is 4. The van der Waals surface area contributed by atoms with E-state index in [1.807, 2.05) is 48.5 Å². The summed E-state index contributed by atoms with van der Waals surface area (Å²) in [6.45, 7) is 22.4. The maximum atomic E-state index is 5.55. The van der Waals surface area contributed by atoms with Gasteiger partial charge >= 0.3 is 0 Å². The Balaban J connectivity index is 0.756. The van der Waals surface area contributed by atoms with Crippen LogP contribution in [0.15, 0.2) is 324 Å². The summed E-state index contributed by atoms with van der Waals surface area (Å²) in [6, 6.07) is 105. The molecule has 0 radical (unpaired) electrons. The molecular formula is C96H86N6Si2. The average molecular weight is 1380 g/mol. The summed E-state index contributed by atoms with van der Waals surface area (Å²) < 4.78 is 0. The van der Waals surface area contributed by atoms with E-state index in [2.05, 4.69) is 389 Å². The summed E-state index contributed by atoms with van der Waals surface area (Å²) in [5.41, 5.74) is 29.3. The van der Waals surface area contributed by atoms with Crippen molar-refractivity contribution in [1.82, 2.24) is 10.6 Å². The maximum absolute atomic E-state index is 5.55. The van der Waals surface area contributed by atoms with Gasteiger partial charge in [-0.25, -0.2) is 0 Å². The summed E-state index contributed by atoms with van der Waals surface area (Å²) in [6.07, 6.45) is 0. The quantitative estimate of drug-likeness (QED) is 0.0333. The summed E-state index contributed by atoms with van der Waals surface area (Å²) in [5.74, 6) is 22.1. The Labute approximate surface area is 618 Å². The molecule has 12 aromatic rings. The zero-order valence-electron chi connectivity index (χ0n) is 61.0. The lowest BCUT2D eigenvalue weighted by atomic mass is 9.89. The number of benzene rings is 12. The lowest BCUT2D eigenvalue weighted by Gasteiger charge is -2.24. The van der Waals surface area contributed by atoms with Crippen molar-refractivity contribution in [2.45, 2.75) is 91.1 Å². The summed E-state index contributed by atoms with van der Waals surface area (Å²) in [4.78, 5) is 11.1. The molecule has 6 nitrogen and oxygen atoms in total. The van der Waals surface area contributed by atoms with Crippen LogP contribution in [0.4, 0.5) is 11.4 Å². The molecule has 508 valence electrons. The fraction of sp³-hybridized carbons (Fsp3) is 0.146. The topological polar surface area (TPSA) is 73.5 Å². The molecule has 12 rings (SSSR count). The van der Waals surface area contributed by atoms with E-state index >= 15 is 0 Å². The third-order valence-corrected chi connectivity index (χ3v) is 19.5. The summed E-state index contributed by atoms with van der Waals surface area (Å²) in [7, 11) is -3.12. The van der Waals surface area contributed by atoms with Crippen LogP contribution in [0.2, 0.25) is 39.3 Å². The van der Waals surface area contributed by atoms with Crippen LogP contribution in [0.25, 0.3) is 44.5 Å². The predicted molar refractivity (Wildman–Crippen MR) is 443 cm³/mol. The molecule has 0 aromatic heterocycles. The molecule has 0 aliphatic heterocycles. The molecule has 0 heterocycles. The van der Waals surface area contributed by atoms with E-state index in [0.717, 1.165) is 123 Å². The van der Waals surface area contributed by atoms with Crippen molar-refractivity contribution in [1.29, 1.82) is 0 Å². The van der Waals surface area contributed by atoms with Crippen molar-refractivity contribution >= 4 is 39.2 Å². The third-order valence-electron chi connectivity index (χ3n) is 17.8. The minimum Gasteiger partial charge on any atom is -0.363 e. The number of hydrogen-bond donors (Lipinski definition) is 2. The molecule has 4 atom stereocenters. The zero-order chi connectivity index (χ0) is 72.4.